The zero-order valence-corrected chi connectivity index (χ0v) is 12.8. The van der Waals surface area contributed by atoms with E-state index in [1.54, 1.807) is 23.5 Å². The van der Waals surface area contributed by atoms with Crippen molar-refractivity contribution in [2.45, 2.75) is 32.9 Å². The number of alkyl halides is 2. The number of aromatic nitrogens is 1. The van der Waals surface area contributed by atoms with Crippen LogP contribution >= 0.6 is 11.3 Å². The molecule has 1 heterocycles. The fourth-order valence-corrected chi connectivity index (χ4v) is 2.93. The molecule has 6 heteroatoms. The second kappa shape index (κ2) is 7.47. The lowest BCUT2D eigenvalue weighted by atomic mass is 10.0. The van der Waals surface area contributed by atoms with Crippen LogP contribution < -0.4 is 10.1 Å². The lowest BCUT2D eigenvalue weighted by Crippen LogP contribution is -2.22. The van der Waals surface area contributed by atoms with Gasteiger partial charge in [0.1, 0.15) is 5.75 Å². The van der Waals surface area contributed by atoms with Crippen LogP contribution in [-0.2, 0) is 6.42 Å². The molecule has 0 saturated heterocycles. The average molecular weight is 312 g/mol. The van der Waals surface area contributed by atoms with E-state index in [4.69, 9.17) is 0 Å². The summed E-state index contributed by atoms with van der Waals surface area (Å²) >= 11 is 1.63. The van der Waals surface area contributed by atoms with Gasteiger partial charge in [0.05, 0.1) is 5.01 Å². The largest absolute Gasteiger partial charge is 0.435 e. The number of ether oxygens (including phenoxy) is 1. The Balaban J connectivity index is 2.10. The summed E-state index contributed by atoms with van der Waals surface area (Å²) in [6.45, 7) is 2.04. The number of nitrogens with zero attached hydrogens (tertiary/aromatic N) is 1. The zero-order valence-electron chi connectivity index (χ0n) is 12.0. The third-order valence-corrected chi connectivity index (χ3v) is 3.99. The van der Waals surface area contributed by atoms with Gasteiger partial charge in [0.2, 0.25) is 0 Å². The van der Waals surface area contributed by atoms with Gasteiger partial charge in [-0.1, -0.05) is 19.1 Å². The molecule has 21 heavy (non-hydrogen) atoms. The molecule has 1 atom stereocenters. The van der Waals surface area contributed by atoms with Gasteiger partial charge in [-0.25, -0.2) is 4.98 Å². The molecule has 2 aromatic rings. The molecule has 0 aliphatic carbocycles. The summed E-state index contributed by atoms with van der Waals surface area (Å²) in [5, 5.41) is 6.48. The SMILES string of the molecule is CCNC(Cc1nc(C)cs1)c1ccc(OC(F)F)cc1. The Labute approximate surface area is 127 Å². The first kappa shape index (κ1) is 15.9. The molecule has 0 fully saturated rings. The number of likely N-dealkylation sites (N-methyl/N-ethyl adjacent to an activating group) is 1. The molecule has 1 unspecified atom stereocenters. The summed E-state index contributed by atoms with van der Waals surface area (Å²) in [6, 6.07) is 6.87. The zero-order chi connectivity index (χ0) is 15.2. The van der Waals surface area contributed by atoms with E-state index in [1.807, 2.05) is 31.4 Å². The van der Waals surface area contributed by atoms with Crippen molar-refractivity contribution in [2.75, 3.05) is 6.54 Å². The molecule has 1 aromatic carbocycles. The van der Waals surface area contributed by atoms with Gasteiger partial charge in [-0.05, 0) is 31.2 Å². The van der Waals surface area contributed by atoms with Gasteiger partial charge in [0, 0.05) is 23.5 Å². The second-order valence-electron chi connectivity index (χ2n) is 4.64. The summed E-state index contributed by atoms with van der Waals surface area (Å²) in [6.07, 6.45) is 0.779. The van der Waals surface area contributed by atoms with Crippen molar-refractivity contribution in [2.24, 2.45) is 0 Å². The monoisotopic (exact) mass is 312 g/mol. The van der Waals surface area contributed by atoms with Crippen LogP contribution in [0.1, 0.15) is 29.2 Å². The molecule has 1 aromatic heterocycles. The van der Waals surface area contributed by atoms with Gasteiger partial charge in [0.15, 0.2) is 0 Å². The normalized spacial score (nSPS) is 12.6. The van der Waals surface area contributed by atoms with E-state index < -0.39 is 6.61 Å². The molecule has 114 valence electrons. The maximum absolute atomic E-state index is 12.1. The first-order valence-electron chi connectivity index (χ1n) is 6.77. The molecule has 0 aliphatic heterocycles. The molecular weight excluding hydrogens is 294 g/mol. The first-order valence-corrected chi connectivity index (χ1v) is 7.65. The Morgan fingerprint density at radius 3 is 2.52 bits per heavy atom. The minimum atomic E-state index is -2.79. The summed E-state index contributed by atoms with van der Waals surface area (Å²) in [5.74, 6) is 0.175. The quantitative estimate of drug-likeness (QED) is 0.840. The molecule has 0 spiro atoms. The van der Waals surface area contributed by atoms with Gasteiger partial charge in [-0.2, -0.15) is 8.78 Å². The first-order chi connectivity index (χ1) is 10.1. The molecule has 0 radical (unpaired) electrons. The predicted octanol–water partition coefficient (Wildman–Crippen LogP) is 3.95. The molecule has 0 amide bonds. The lowest BCUT2D eigenvalue weighted by Gasteiger charge is -2.17. The highest BCUT2D eigenvalue weighted by Gasteiger charge is 2.14. The highest BCUT2D eigenvalue weighted by atomic mass is 32.1. The van der Waals surface area contributed by atoms with Gasteiger partial charge in [-0.3, -0.25) is 0 Å². The number of halogens is 2. The lowest BCUT2D eigenvalue weighted by molar-refractivity contribution is -0.0498. The molecule has 0 aliphatic rings. The Bertz CT molecular complexity index is 557. The summed E-state index contributed by atoms with van der Waals surface area (Å²) in [7, 11) is 0. The van der Waals surface area contributed by atoms with Crippen LogP contribution in [0.25, 0.3) is 0 Å². The van der Waals surface area contributed by atoms with Crippen molar-refractivity contribution in [3.05, 3.63) is 45.9 Å². The van der Waals surface area contributed by atoms with Gasteiger partial charge < -0.3 is 10.1 Å². The number of hydrogen-bond acceptors (Lipinski definition) is 4. The van der Waals surface area contributed by atoms with Crippen LogP contribution in [0.3, 0.4) is 0 Å². The highest BCUT2D eigenvalue weighted by Crippen LogP contribution is 2.23. The van der Waals surface area contributed by atoms with Crippen LogP contribution in [0.2, 0.25) is 0 Å². The Kier molecular flexibility index (Phi) is 5.64. The van der Waals surface area contributed by atoms with Crippen molar-refractivity contribution in [1.29, 1.82) is 0 Å². The number of aryl methyl sites for hydroxylation is 1. The van der Waals surface area contributed by atoms with E-state index in [0.717, 1.165) is 29.2 Å². The van der Waals surface area contributed by atoms with Crippen molar-refractivity contribution in [1.82, 2.24) is 10.3 Å². The van der Waals surface area contributed by atoms with Gasteiger partial charge >= 0.3 is 6.61 Å². The Morgan fingerprint density at radius 1 is 1.29 bits per heavy atom. The second-order valence-corrected chi connectivity index (χ2v) is 5.59. The van der Waals surface area contributed by atoms with E-state index in [0.29, 0.717) is 0 Å². The molecular formula is C15H18F2N2OS. The number of nitrogens with one attached hydrogen (secondary N) is 1. The minimum Gasteiger partial charge on any atom is -0.435 e. The third-order valence-electron chi connectivity index (χ3n) is 3.00. The Hall–Kier alpha value is -1.53. The fourth-order valence-electron chi connectivity index (χ4n) is 2.11. The molecule has 1 N–H and O–H groups in total. The Morgan fingerprint density at radius 2 is 2.00 bits per heavy atom. The van der Waals surface area contributed by atoms with E-state index in [2.05, 4.69) is 15.0 Å². The maximum Gasteiger partial charge on any atom is 0.387 e. The highest BCUT2D eigenvalue weighted by molar-refractivity contribution is 7.09. The van der Waals surface area contributed by atoms with Crippen molar-refractivity contribution >= 4 is 11.3 Å². The maximum atomic E-state index is 12.1. The standard InChI is InChI=1S/C15H18F2N2OS/c1-3-18-13(8-14-19-10(2)9-21-14)11-4-6-12(7-5-11)20-15(16)17/h4-7,9,13,15,18H,3,8H2,1-2H3. The van der Waals surface area contributed by atoms with Crippen LogP contribution in [0.4, 0.5) is 8.78 Å². The van der Waals surface area contributed by atoms with E-state index in [1.165, 1.54) is 0 Å². The van der Waals surface area contributed by atoms with Gasteiger partial charge in [-0.15, -0.1) is 11.3 Å². The third kappa shape index (κ3) is 4.75. The van der Waals surface area contributed by atoms with Gasteiger partial charge in [0.25, 0.3) is 0 Å². The van der Waals surface area contributed by atoms with Crippen molar-refractivity contribution in [3.63, 3.8) is 0 Å². The summed E-state index contributed by atoms with van der Waals surface area (Å²) in [5.41, 5.74) is 2.05. The van der Waals surface area contributed by atoms with E-state index in [9.17, 15) is 8.78 Å². The fraction of sp³-hybridized carbons (Fsp3) is 0.400. The molecule has 2 rings (SSSR count). The van der Waals surface area contributed by atoms with Crippen molar-refractivity contribution < 1.29 is 13.5 Å². The number of thiazole rings is 1. The van der Waals surface area contributed by atoms with Crippen LogP contribution in [0.5, 0.6) is 5.75 Å². The number of hydrogen-bond donors (Lipinski definition) is 1. The topological polar surface area (TPSA) is 34.2 Å². The summed E-state index contributed by atoms with van der Waals surface area (Å²) in [4.78, 5) is 4.47. The summed E-state index contributed by atoms with van der Waals surface area (Å²) < 4.78 is 28.7. The average Bonchev–Trinajstić information content (AvgIpc) is 2.84. The van der Waals surface area contributed by atoms with Crippen LogP contribution in [-0.4, -0.2) is 18.1 Å². The molecule has 3 nitrogen and oxygen atoms in total. The minimum absolute atomic E-state index is 0.112. The smallest absolute Gasteiger partial charge is 0.387 e. The molecule has 0 bridgehead atoms. The van der Waals surface area contributed by atoms with E-state index >= 15 is 0 Å². The number of rotatable bonds is 7. The van der Waals surface area contributed by atoms with Crippen LogP contribution in [0.15, 0.2) is 29.6 Å². The van der Waals surface area contributed by atoms with E-state index in [-0.39, 0.29) is 11.8 Å². The number of benzene rings is 1. The van der Waals surface area contributed by atoms with Crippen molar-refractivity contribution in [3.8, 4) is 5.75 Å². The predicted molar refractivity (Wildman–Crippen MR) is 80.0 cm³/mol. The van der Waals surface area contributed by atoms with Crippen LogP contribution in [0, 0.1) is 6.92 Å². The molecule has 0 saturated carbocycles.